The van der Waals surface area contributed by atoms with Crippen molar-refractivity contribution < 1.29 is 4.79 Å². The van der Waals surface area contributed by atoms with Crippen LogP contribution in [0.2, 0.25) is 0 Å². The number of amides is 1. The van der Waals surface area contributed by atoms with Crippen LogP contribution < -0.4 is 10.6 Å². The van der Waals surface area contributed by atoms with Crippen LogP contribution in [0.15, 0.2) is 54.7 Å². The van der Waals surface area contributed by atoms with Gasteiger partial charge in [0.1, 0.15) is 5.69 Å². The second-order valence-electron chi connectivity index (χ2n) is 6.31. The van der Waals surface area contributed by atoms with Crippen molar-refractivity contribution in [2.24, 2.45) is 0 Å². The van der Waals surface area contributed by atoms with Crippen molar-refractivity contribution in [2.45, 2.75) is 27.3 Å². The van der Waals surface area contributed by atoms with Crippen molar-refractivity contribution in [3.05, 3.63) is 82.7 Å². The van der Waals surface area contributed by atoms with E-state index < -0.39 is 0 Å². The molecule has 3 aromatic rings. The summed E-state index contributed by atoms with van der Waals surface area (Å²) in [6.45, 7) is 6.59. The van der Waals surface area contributed by atoms with Gasteiger partial charge in [-0.05, 0) is 49.6 Å². The summed E-state index contributed by atoms with van der Waals surface area (Å²) >= 11 is 0. The molecule has 0 radical (unpaired) electrons. The molecule has 0 spiro atoms. The second kappa shape index (κ2) is 7.78. The number of carbonyl (C=O) groups is 1. The van der Waals surface area contributed by atoms with Crippen molar-refractivity contribution in [3.8, 4) is 0 Å². The van der Waals surface area contributed by atoms with Gasteiger partial charge in [-0.3, -0.25) is 4.79 Å². The molecule has 1 heterocycles. The number of hydrogen-bond acceptors (Lipinski definition) is 4. The highest BCUT2D eigenvalue weighted by Crippen LogP contribution is 2.20. The Labute approximate surface area is 153 Å². The average Bonchev–Trinajstić information content (AvgIpc) is 2.65. The average molecular weight is 346 g/mol. The second-order valence-corrected chi connectivity index (χ2v) is 6.31. The molecular weight excluding hydrogens is 324 g/mol. The molecule has 5 nitrogen and oxygen atoms in total. The minimum atomic E-state index is -0.225. The first-order valence-corrected chi connectivity index (χ1v) is 8.53. The van der Waals surface area contributed by atoms with E-state index in [1.807, 2.05) is 50.2 Å². The van der Waals surface area contributed by atoms with Gasteiger partial charge in [-0.1, -0.05) is 42.0 Å². The number of anilines is 2. The molecule has 0 saturated carbocycles. The number of benzene rings is 2. The molecule has 0 saturated heterocycles. The SMILES string of the molecule is Cc1ccc(CNC(=O)c2ccnc(Nc3cccc(C)c3C)n2)cc1. The van der Waals surface area contributed by atoms with Gasteiger partial charge in [0.2, 0.25) is 5.95 Å². The zero-order chi connectivity index (χ0) is 18.5. The number of aromatic nitrogens is 2. The topological polar surface area (TPSA) is 66.9 Å². The third kappa shape index (κ3) is 4.25. The summed E-state index contributed by atoms with van der Waals surface area (Å²) in [7, 11) is 0. The first kappa shape index (κ1) is 17.6. The smallest absolute Gasteiger partial charge is 0.270 e. The molecule has 2 aromatic carbocycles. The van der Waals surface area contributed by atoms with Crippen LogP contribution in [0.1, 0.15) is 32.7 Å². The summed E-state index contributed by atoms with van der Waals surface area (Å²) in [5.74, 6) is 0.179. The maximum Gasteiger partial charge on any atom is 0.270 e. The predicted octanol–water partition coefficient (Wildman–Crippen LogP) is 4.08. The van der Waals surface area contributed by atoms with Gasteiger partial charge >= 0.3 is 0 Å². The van der Waals surface area contributed by atoms with Crippen LogP contribution in [-0.4, -0.2) is 15.9 Å². The van der Waals surface area contributed by atoms with Crippen LogP contribution in [-0.2, 0) is 6.54 Å². The van der Waals surface area contributed by atoms with Crippen molar-refractivity contribution >= 4 is 17.5 Å². The van der Waals surface area contributed by atoms with Gasteiger partial charge in [0.15, 0.2) is 0 Å². The fourth-order valence-electron chi connectivity index (χ4n) is 2.53. The van der Waals surface area contributed by atoms with E-state index in [-0.39, 0.29) is 5.91 Å². The van der Waals surface area contributed by atoms with Crippen LogP contribution in [0.5, 0.6) is 0 Å². The molecule has 0 fully saturated rings. The zero-order valence-corrected chi connectivity index (χ0v) is 15.2. The Hall–Kier alpha value is -3.21. The minimum absolute atomic E-state index is 0.225. The normalized spacial score (nSPS) is 10.4. The van der Waals surface area contributed by atoms with Gasteiger partial charge in [-0.25, -0.2) is 9.97 Å². The third-order valence-corrected chi connectivity index (χ3v) is 4.31. The number of nitrogens with zero attached hydrogens (tertiary/aromatic N) is 2. The highest BCUT2D eigenvalue weighted by atomic mass is 16.1. The molecular formula is C21H22N4O. The zero-order valence-electron chi connectivity index (χ0n) is 15.2. The largest absolute Gasteiger partial charge is 0.347 e. The Morgan fingerprint density at radius 3 is 2.54 bits per heavy atom. The van der Waals surface area contributed by atoms with Gasteiger partial charge in [0.05, 0.1) is 0 Å². The standard InChI is InChI=1S/C21H22N4O/c1-14-7-9-17(10-8-14)13-23-20(26)19-11-12-22-21(25-19)24-18-6-4-5-15(2)16(18)3/h4-12H,13H2,1-3H3,(H,23,26)(H,22,24,25). The van der Waals surface area contributed by atoms with E-state index in [2.05, 4.69) is 33.6 Å². The van der Waals surface area contributed by atoms with E-state index in [0.717, 1.165) is 16.8 Å². The van der Waals surface area contributed by atoms with Gasteiger partial charge in [-0.15, -0.1) is 0 Å². The van der Waals surface area contributed by atoms with E-state index in [0.29, 0.717) is 18.2 Å². The van der Waals surface area contributed by atoms with E-state index in [4.69, 9.17) is 0 Å². The van der Waals surface area contributed by atoms with E-state index in [1.54, 1.807) is 12.3 Å². The number of nitrogens with one attached hydrogen (secondary N) is 2. The van der Waals surface area contributed by atoms with Crippen LogP contribution in [0, 0.1) is 20.8 Å². The lowest BCUT2D eigenvalue weighted by Gasteiger charge is -2.11. The van der Waals surface area contributed by atoms with Gasteiger partial charge in [-0.2, -0.15) is 0 Å². The minimum Gasteiger partial charge on any atom is -0.347 e. The Morgan fingerprint density at radius 2 is 1.77 bits per heavy atom. The first-order valence-electron chi connectivity index (χ1n) is 8.53. The molecule has 0 aliphatic heterocycles. The van der Waals surface area contributed by atoms with Crippen LogP contribution >= 0.6 is 0 Å². The molecule has 0 aliphatic carbocycles. The molecule has 132 valence electrons. The molecule has 3 rings (SSSR count). The molecule has 0 aliphatic rings. The molecule has 26 heavy (non-hydrogen) atoms. The molecule has 0 bridgehead atoms. The first-order chi connectivity index (χ1) is 12.5. The maximum atomic E-state index is 12.4. The molecule has 0 unspecified atom stereocenters. The summed E-state index contributed by atoms with van der Waals surface area (Å²) in [5, 5.41) is 6.08. The van der Waals surface area contributed by atoms with E-state index in [1.165, 1.54) is 11.1 Å². The maximum absolute atomic E-state index is 12.4. The van der Waals surface area contributed by atoms with Crippen molar-refractivity contribution in [1.82, 2.24) is 15.3 Å². The summed E-state index contributed by atoms with van der Waals surface area (Å²) < 4.78 is 0. The summed E-state index contributed by atoms with van der Waals surface area (Å²) in [4.78, 5) is 20.9. The number of carbonyl (C=O) groups excluding carboxylic acids is 1. The third-order valence-electron chi connectivity index (χ3n) is 4.31. The molecule has 1 aromatic heterocycles. The Morgan fingerprint density at radius 1 is 1.00 bits per heavy atom. The Balaban J connectivity index is 1.69. The highest BCUT2D eigenvalue weighted by molar-refractivity contribution is 5.92. The number of hydrogen-bond donors (Lipinski definition) is 2. The Bertz CT molecular complexity index is 920. The van der Waals surface area contributed by atoms with Crippen molar-refractivity contribution in [1.29, 1.82) is 0 Å². The molecule has 1 amide bonds. The van der Waals surface area contributed by atoms with Gasteiger partial charge in [0.25, 0.3) is 5.91 Å². The van der Waals surface area contributed by atoms with Gasteiger partial charge in [0, 0.05) is 18.4 Å². The number of aryl methyl sites for hydroxylation is 2. The predicted molar refractivity (Wildman–Crippen MR) is 104 cm³/mol. The van der Waals surface area contributed by atoms with E-state index >= 15 is 0 Å². The van der Waals surface area contributed by atoms with E-state index in [9.17, 15) is 4.79 Å². The van der Waals surface area contributed by atoms with Gasteiger partial charge < -0.3 is 10.6 Å². The summed E-state index contributed by atoms with van der Waals surface area (Å²) in [5.41, 5.74) is 5.82. The van der Waals surface area contributed by atoms with Crippen molar-refractivity contribution in [2.75, 3.05) is 5.32 Å². The Kier molecular flexibility index (Phi) is 5.27. The number of rotatable bonds is 5. The lowest BCUT2D eigenvalue weighted by atomic mass is 10.1. The molecule has 5 heteroatoms. The fourth-order valence-corrected chi connectivity index (χ4v) is 2.53. The van der Waals surface area contributed by atoms with Crippen molar-refractivity contribution in [3.63, 3.8) is 0 Å². The lowest BCUT2D eigenvalue weighted by Crippen LogP contribution is -2.24. The van der Waals surface area contributed by atoms with Crippen LogP contribution in [0.4, 0.5) is 11.6 Å². The monoisotopic (exact) mass is 346 g/mol. The molecule has 0 atom stereocenters. The van der Waals surface area contributed by atoms with Crippen LogP contribution in [0.3, 0.4) is 0 Å². The summed E-state index contributed by atoms with van der Waals surface area (Å²) in [6.07, 6.45) is 1.58. The summed E-state index contributed by atoms with van der Waals surface area (Å²) in [6, 6.07) is 15.7. The lowest BCUT2D eigenvalue weighted by molar-refractivity contribution is 0.0946. The quantitative estimate of drug-likeness (QED) is 0.731. The highest BCUT2D eigenvalue weighted by Gasteiger charge is 2.10. The fraction of sp³-hybridized carbons (Fsp3) is 0.190. The van der Waals surface area contributed by atoms with Crippen LogP contribution in [0.25, 0.3) is 0 Å². The molecule has 2 N–H and O–H groups in total.